The zero-order valence-electron chi connectivity index (χ0n) is 8.09. The highest BCUT2D eigenvalue weighted by Gasteiger charge is 2.18. The Hall–Kier alpha value is -1.17. The third-order valence-corrected chi connectivity index (χ3v) is 2.23. The van der Waals surface area contributed by atoms with Crippen molar-refractivity contribution < 1.29 is 9.84 Å². The fraction of sp³-hybridized carbons (Fsp3) is 0.333. The van der Waals surface area contributed by atoms with Crippen LogP contribution < -0.4 is 0 Å². The molecule has 0 radical (unpaired) electrons. The Labute approximate surface area is 91.3 Å². The van der Waals surface area contributed by atoms with E-state index in [4.69, 9.17) is 16.3 Å². The molecule has 6 heteroatoms. The topological polar surface area (TPSA) is 59.7 Å². The maximum absolute atomic E-state index is 9.69. The van der Waals surface area contributed by atoms with E-state index in [1.165, 1.54) is 0 Å². The van der Waals surface area contributed by atoms with Crippen molar-refractivity contribution in [3.8, 4) is 0 Å². The van der Waals surface area contributed by atoms with Gasteiger partial charge in [0.2, 0.25) is 5.78 Å². The van der Waals surface area contributed by atoms with E-state index < -0.39 is 6.29 Å². The molecule has 0 saturated heterocycles. The first-order valence-corrected chi connectivity index (χ1v) is 4.90. The van der Waals surface area contributed by atoms with Gasteiger partial charge >= 0.3 is 0 Å². The van der Waals surface area contributed by atoms with Crippen molar-refractivity contribution in [3.63, 3.8) is 0 Å². The van der Waals surface area contributed by atoms with Crippen LogP contribution in [0.15, 0.2) is 18.5 Å². The summed E-state index contributed by atoms with van der Waals surface area (Å²) in [5.74, 6) is 0.441. The number of aliphatic hydroxyl groups excluding tert-OH is 1. The van der Waals surface area contributed by atoms with Crippen molar-refractivity contribution in [1.82, 2.24) is 14.4 Å². The minimum atomic E-state index is -1.08. The van der Waals surface area contributed by atoms with Gasteiger partial charge in [0.1, 0.15) is 5.69 Å². The lowest BCUT2D eigenvalue weighted by Crippen LogP contribution is -2.06. The fourth-order valence-electron chi connectivity index (χ4n) is 1.34. The first kappa shape index (κ1) is 10.4. The third kappa shape index (κ3) is 1.81. The second kappa shape index (κ2) is 4.14. The Morgan fingerprint density at radius 3 is 3.20 bits per heavy atom. The molecule has 80 valence electrons. The lowest BCUT2D eigenvalue weighted by Gasteiger charge is -2.09. The van der Waals surface area contributed by atoms with Crippen LogP contribution in [0.5, 0.6) is 0 Å². The number of hydrogen-bond donors (Lipinski definition) is 1. The van der Waals surface area contributed by atoms with Crippen molar-refractivity contribution in [1.29, 1.82) is 0 Å². The van der Waals surface area contributed by atoms with E-state index in [1.807, 2.05) is 0 Å². The molecule has 0 aliphatic rings. The normalized spacial score (nSPS) is 13.3. The average molecular weight is 228 g/mol. The second-order valence-corrected chi connectivity index (χ2v) is 3.24. The van der Waals surface area contributed by atoms with E-state index in [2.05, 4.69) is 9.97 Å². The van der Waals surface area contributed by atoms with Crippen molar-refractivity contribution >= 4 is 17.4 Å². The minimum Gasteiger partial charge on any atom is -0.363 e. The molecular weight excluding hydrogens is 218 g/mol. The largest absolute Gasteiger partial charge is 0.363 e. The first-order valence-electron chi connectivity index (χ1n) is 4.52. The summed E-state index contributed by atoms with van der Waals surface area (Å²) >= 11 is 5.89. The SMILES string of the molecule is CCOC(O)c1c(Cl)nc2ncccn12. The van der Waals surface area contributed by atoms with Crippen molar-refractivity contribution in [2.75, 3.05) is 6.61 Å². The van der Waals surface area contributed by atoms with E-state index >= 15 is 0 Å². The van der Waals surface area contributed by atoms with Gasteiger partial charge in [-0.15, -0.1) is 0 Å². The van der Waals surface area contributed by atoms with Gasteiger partial charge in [0.25, 0.3) is 0 Å². The summed E-state index contributed by atoms with van der Waals surface area (Å²) in [4.78, 5) is 8.00. The molecule has 2 rings (SSSR count). The van der Waals surface area contributed by atoms with Gasteiger partial charge in [-0.3, -0.25) is 4.40 Å². The van der Waals surface area contributed by atoms with Gasteiger partial charge in [0.15, 0.2) is 11.4 Å². The number of aliphatic hydroxyl groups is 1. The van der Waals surface area contributed by atoms with Crippen molar-refractivity contribution in [2.24, 2.45) is 0 Å². The fourth-order valence-corrected chi connectivity index (χ4v) is 1.60. The van der Waals surface area contributed by atoms with Crippen LogP contribution in [0.4, 0.5) is 0 Å². The Kier molecular flexibility index (Phi) is 2.86. The van der Waals surface area contributed by atoms with Crippen LogP contribution in [0, 0.1) is 0 Å². The highest BCUT2D eigenvalue weighted by Crippen LogP contribution is 2.23. The second-order valence-electron chi connectivity index (χ2n) is 2.89. The molecule has 15 heavy (non-hydrogen) atoms. The molecule has 0 aliphatic heterocycles. The summed E-state index contributed by atoms with van der Waals surface area (Å²) in [6.45, 7) is 2.18. The number of nitrogens with zero attached hydrogens (tertiary/aromatic N) is 3. The summed E-state index contributed by atoms with van der Waals surface area (Å²) in [6, 6.07) is 1.73. The number of rotatable bonds is 3. The molecule has 1 atom stereocenters. The number of fused-ring (bicyclic) bond motifs is 1. The van der Waals surface area contributed by atoms with Gasteiger partial charge < -0.3 is 9.84 Å². The lowest BCUT2D eigenvalue weighted by atomic mass is 10.4. The number of imidazole rings is 1. The Balaban J connectivity index is 2.53. The molecule has 2 heterocycles. The third-order valence-electron chi connectivity index (χ3n) is 1.95. The van der Waals surface area contributed by atoms with E-state index in [9.17, 15) is 5.11 Å². The lowest BCUT2D eigenvalue weighted by molar-refractivity contribution is -0.101. The molecule has 0 bridgehead atoms. The Morgan fingerprint density at radius 2 is 2.47 bits per heavy atom. The number of halogens is 1. The van der Waals surface area contributed by atoms with E-state index in [-0.39, 0.29) is 5.15 Å². The predicted molar refractivity (Wildman–Crippen MR) is 54.6 cm³/mol. The average Bonchev–Trinajstić information content (AvgIpc) is 2.54. The number of hydrogen-bond acceptors (Lipinski definition) is 4. The van der Waals surface area contributed by atoms with Gasteiger partial charge in [-0.25, -0.2) is 4.98 Å². The standard InChI is InChI=1S/C9H10ClN3O2/c1-2-15-8(14)6-7(10)12-9-11-4-3-5-13(6)9/h3-5,8,14H,2H2,1H3. The number of aromatic nitrogens is 3. The van der Waals surface area contributed by atoms with Gasteiger partial charge in [0.05, 0.1) is 0 Å². The molecule has 2 aromatic rings. The highest BCUT2D eigenvalue weighted by molar-refractivity contribution is 6.30. The van der Waals surface area contributed by atoms with Crippen LogP contribution in [0.2, 0.25) is 5.15 Å². The van der Waals surface area contributed by atoms with E-state index in [0.29, 0.717) is 18.1 Å². The summed E-state index contributed by atoms with van der Waals surface area (Å²) in [5, 5.41) is 9.90. The molecule has 1 unspecified atom stereocenters. The molecule has 0 amide bonds. The molecular formula is C9H10ClN3O2. The van der Waals surface area contributed by atoms with Crippen LogP contribution in [-0.2, 0) is 4.74 Å². The molecule has 2 aromatic heterocycles. The summed E-state index contributed by atoms with van der Waals surface area (Å²) in [7, 11) is 0. The Bertz CT molecular complexity index is 471. The van der Waals surface area contributed by atoms with Crippen LogP contribution in [-0.4, -0.2) is 26.1 Å². The quantitative estimate of drug-likeness (QED) is 0.806. The monoisotopic (exact) mass is 227 g/mol. The zero-order valence-corrected chi connectivity index (χ0v) is 8.85. The highest BCUT2D eigenvalue weighted by atomic mass is 35.5. The van der Waals surface area contributed by atoms with Gasteiger partial charge in [0, 0.05) is 19.0 Å². The molecule has 0 saturated carbocycles. The molecule has 1 N–H and O–H groups in total. The molecule has 0 spiro atoms. The molecule has 0 aliphatic carbocycles. The van der Waals surface area contributed by atoms with Gasteiger partial charge in [-0.05, 0) is 13.0 Å². The van der Waals surface area contributed by atoms with Crippen LogP contribution in [0.25, 0.3) is 5.78 Å². The molecule has 5 nitrogen and oxygen atoms in total. The Morgan fingerprint density at radius 1 is 1.67 bits per heavy atom. The first-order chi connectivity index (χ1) is 7.24. The van der Waals surface area contributed by atoms with Crippen LogP contribution >= 0.6 is 11.6 Å². The van der Waals surface area contributed by atoms with Crippen LogP contribution in [0.1, 0.15) is 18.9 Å². The summed E-state index contributed by atoms with van der Waals surface area (Å²) in [5.41, 5.74) is 0.404. The van der Waals surface area contributed by atoms with Crippen LogP contribution in [0.3, 0.4) is 0 Å². The molecule has 0 fully saturated rings. The predicted octanol–water partition coefficient (Wildman–Crippen LogP) is 1.41. The van der Waals surface area contributed by atoms with Gasteiger partial charge in [-0.2, -0.15) is 4.98 Å². The molecule has 0 aromatic carbocycles. The number of ether oxygens (including phenoxy) is 1. The van der Waals surface area contributed by atoms with Crippen molar-refractivity contribution in [3.05, 3.63) is 29.3 Å². The summed E-state index contributed by atoms with van der Waals surface area (Å²) < 4.78 is 6.66. The van der Waals surface area contributed by atoms with Crippen molar-refractivity contribution in [2.45, 2.75) is 13.2 Å². The van der Waals surface area contributed by atoms with Gasteiger partial charge in [-0.1, -0.05) is 11.6 Å². The maximum Gasteiger partial charge on any atom is 0.235 e. The maximum atomic E-state index is 9.69. The van der Waals surface area contributed by atoms with E-state index in [1.54, 1.807) is 29.8 Å². The summed E-state index contributed by atoms with van der Waals surface area (Å²) in [6.07, 6.45) is 2.25. The minimum absolute atomic E-state index is 0.203. The van der Waals surface area contributed by atoms with E-state index in [0.717, 1.165) is 0 Å². The zero-order chi connectivity index (χ0) is 10.8. The smallest absolute Gasteiger partial charge is 0.235 e.